The summed E-state index contributed by atoms with van der Waals surface area (Å²) in [5.74, 6) is 2.35. The average molecular weight is 299 g/mol. The highest BCUT2D eigenvalue weighted by molar-refractivity contribution is 5.18. The molecule has 2 heteroatoms. The van der Waals surface area contributed by atoms with Gasteiger partial charge in [0, 0.05) is 11.6 Å². The van der Waals surface area contributed by atoms with Gasteiger partial charge in [-0.05, 0) is 61.8 Å². The molecule has 0 amide bonds. The monoisotopic (exact) mass is 299 g/mol. The molecule has 120 valence electrons. The van der Waals surface area contributed by atoms with Crippen LogP contribution < -0.4 is 0 Å². The van der Waals surface area contributed by atoms with Crippen molar-refractivity contribution in [3.63, 3.8) is 0 Å². The van der Waals surface area contributed by atoms with E-state index in [1.54, 1.807) is 0 Å². The number of nitrogens with zero attached hydrogens (tertiary/aromatic N) is 1. The quantitative estimate of drug-likeness (QED) is 0.854. The zero-order chi connectivity index (χ0) is 15.2. The van der Waals surface area contributed by atoms with Gasteiger partial charge in [-0.2, -0.15) is 5.06 Å². The summed E-state index contributed by atoms with van der Waals surface area (Å²) < 4.78 is 0. The lowest BCUT2D eigenvalue weighted by Gasteiger charge is -2.64. The van der Waals surface area contributed by atoms with Crippen LogP contribution >= 0.6 is 0 Å². The molecular formula is C20H29NO. The van der Waals surface area contributed by atoms with Crippen molar-refractivity contribution in [2.45, 2.75) is 69.9 Å². The summed E-state index contributed by atoms with van der Waals surface area (Å²) in [5.41, 5.74) is 1.57. The molecule has 0 radical (unpaired) electrons. The van der Waals surface area contributed by atoms with Gasteiger partial charge < -0.3 is 5.21 Å². The first-order valence-electron chi connectivity index (χ1n) is 9.24. The second kappa shape index (κ2) is 5.65. The van der Waals surface area contributed by atoms with Crippen molar-refractivity contribution in [2.75, 3.05) is 0 Å². The van der Waals surface area contributed by atoms with Crippen LogP contribution in [0.4, 0.5) is 0 Å². The molecule has 0 spiro atoms. The van der Waals surface area contributed by atoms with Crippen LogP contribution in [0.25, 0.3) is 0 Å². The SMILES string of the molecule is CCCC[C@]12C[C@@H]3C[C@H](C1)C(Cc1ccccc1)[C@@H](C3)N2O. The minimum absolute atomic E-state index is 0.125. The van der Waals surface area contributed by atoms with Crippen LogP contribution in [0.3, 0.4) is 0 Å². The molecule has 4 bridgehead atoms. The second-order valence-electron chi connectivity index (χ2n) is 8.10. The zero-order valence-electron chi connectivity index (χ0n) is 13.7. The number of piperidine rings is 2. The van der Waals surface area contributed by atoms with E-state index in [0.717, 1.165) is 18.3 Å². The molecule has 2 saturated heterocycles. The maximum Gasteiger partial charge on any atom is 0.0469 e. The van der Waals surface area contributed by atoms with Crippen LogP contribution in [-0.4, -0.2) is 21.9 Å². The zero-order valence-corrected chi connectivity index (χ0v) is 13.7. The van der Waals surface area contributed by atoms with E-state index in [1.807, 2.05) is 5.06 Å². The molecular weight excluding hydrogens is 270 g/mol. The smallest absolute Gasteiger partial charge is 0.0469 e. The van der Waals surface area contributed by atoms with Crippen molar-refractivity contribution >= 4 is 0 Å². The lowest BCUT2D eigenvalue weighted by molar-refractivity contribution is -0.295. The Bertz CT molecular complexity index is 516. The summed E-state index contributed by atoms with van der Waals surface area (Å²) in [6, 6.07) is 11.3. The van der Waals surface area contributed by atoms with Crippen LogP contribution in [0.2, 0.25) is 0 Å². The molecule has 1 unspecified atom stereocenters. The molecule has 22 heavy (non-hydrogen) atoms. The van der Waals surface area contributed by atoms with E-state index >= 15 is 0 Å². The lowest BCUT2D eigenvalue weighted by Crippen LogP contribution is -2.68. The predicted octanol–water partition coefficient (Wildman–Crippen LogP) is 4.67. The van der Waals surface area contributed by atoms with Gasteiger partial charge in [0.05, 0.1) is 0 Å². The van der Waals surface area contributed by atoms with E-state index in [2.05, 4.69) is 37.3 Å². The Balaban J connectivity index is 1.56. The number of unbranched alkanes of at least 4 members (excludes halogenated alkanes) is 1. The molecule has 2 aliphatic heterocycles. The summed E-state index contributed by atoms with van der Waals surface area (Å²) in [4.78, 5) is 0. The van der Waals surface area contributed by atoms with E-state index in [4.69, 9.17) is 0 Å². The standard InChI is InChI=1S/C20H29NO/c1-2-3-9-20-13-16-10-17(14-20)18(19(12-16)21(20)22)11-15-7-5-4-6-8-15/h4-8,16-19,22H,2-3,9-14H2,1H3/t16-,17-,18?,19-,20+/m1/s1. The van der Waals surface area contributed by atoms with Crippen LogP contribution in [0, 0.1) is 17.8 Å². The van der Waals surface area contributed by atoms with Crippen molar-refractivity contribution in [3.8, 4) is 0 Å². The molecule has 2 heterocycles. The Labute approximate surface area is 134 Å². The first-order valence-corrected chi connectivity index (χ1v) is 9.24. The molecule has 0 aromatic heterocycles. The van der Waals surface area contributed by atoms with Crippen molar-refractivity contribution in [3.05, 3.63) is 35.9 Å². The van der Waals surface area contributed by atoms with Gasteiger partial charge in [0.15, 0.2) is 0 Å². The number of rotatable bonds is 5. The minimum atomic E-state index is 0.125. The first kappa shape index (κ1) is 14.7. The van der Waals surface area contributed by atoms with Crippen molar-refractivity contribution in [1.82, 2.24) is 5.06 Å². The molecule has 4 fully saturated rings. The average Bonchev–Trinajstić information content (AvgIpc) is 2.54. The Hall–Kier alpha value is -0.860. The van der Waals surface area contributed by atoms with E-state index in [0.29, 0.717) is 12.0 Å². The number of hydrogen-bond donors (Lipinski definition) is 1. The first-order chi connectivity index (χ1) is 10.7. The largest absolute Gasteiger partial charge is 0.313 e. The van der Waals surface area contributed by atoms with E-state index in [-0.39, 0.29) is 5.54 Å². The van der Waals surface area contributed by atoms with Crippen LogP contribution in [0.15, 0.2) is 30.3 Å². The Morgan fingerprint density at radius 3 is 2.77 bits per heavy atom. The van der Waals surface area contributed by atoms with Gasteiger partial charge in [-0.3, -0.25) is 0 Å². The second-order valence-corrected chi connectivity index (χ2v) is 8.10. The topological polar surface area (TPSA) is 23.5 Å². The fourth-order valence-electron chi connectivity index (χ4n) is 5.87. The molecule has 2 aliphatic carbocycles. The van der Waals surface area contributed by atoms with E-state index in [1.165, 1.54) is 50.5 Å². The van der Waals surface area contributed by atoms with Crippen LogP contribution in [0.5, 0.6) is 0 Å². The fraction of sp³-hybridized carbons (Fsp3) is 0.700. The molecule has 5 atom stereocenters. The van der Waals surface area contributed by atoms with Crippen molar-refractivity contribution < 1.29 is 5.21 Å². The summed E-state index contributed by atoms with van der Waals surface area (Å²) in [6.45, 7) is 2.26. The Kier molecular flexibility index (Phi) is 3.78. The molecule has 4 aliphatic rings. The number of benzene rings is 1. The predicted molar refractivity (Wildman–Crippen MR) is 88.8 cm³/mol. The van der Waals surface area contributed by atoms with Crippen LogP contribution in [0.1, 0.15) is 57.4 Å². The van der Waals surface area contributed by atoms with Gasteiger partial charge >= 0.3 is 0 Å². The Morgan fingerprint density at radius 1 is 1.18 bits per heavy atom. The fourth-order valence-corrected chi connectivity index (χ4v) is 5.87. The molecule has 1 aromatic rings. The summed E-state index contributed by atoms with van der Waals surface area (Å²) in [6.07, 6.45) is 9.94. The van der Waals surface area contributed by atoms with Crippen LogP contribution in [-0.2, 0) is 6.42 Å². The maximum atomic E-state index is 11.0. The van der Waals surface area contributed by atoms with Gasteiger partial charge in [-0.15, -0.1) is 0 Å². The summed E-state index contributed by atoms with van der Waals surface area (Å²) in [5, 5.41) is 12.8. The highest BCUT2D eigenvalue weighted by atomic mass is 16.5. The normalized spacial score (nSPS) is 40.3. The maximum absolute atomic E-state index is 11.0. The van der Waals surface area contributed by atoms with Gasteiger partial charge in [0.2, 0.25) is 0 Å². The third-order valence-electron chi connectivity index (χ3n) is 6.73. The van der Waals surface area contributed by atoms with Gasteiger partial charge in [-0.1, -0.05) is 50.1 Å². The van der Waals surface area contributed by atoms with Gasteiger partial charge in [0.25, 0.3) is 0 Å². The molecule has 1 aromatic carbocycles. The highest BCUT2D eigenvalue weighted by Gasteiger charge is 2.58. The lowest BCUT2D eigenvalue weighted by atomic mass is 9.53. The summed E-state index contributed by atoms with van der Waals surface area (Å²) in [7, 11) is 0. The van der Waals surface area contributed by atoms with Gasteiger partial charge in [-0.25, -0.2) is 0 Å². The third-order valence-corrected chi connectivity index (χ3v) is 6.73. The van der Waals surface area contributed by atoms with Gasteiger partial charge in [0.1, 0.15) is 0 Å². The molecule has 2 nitrogen and oxygen atoms in total. The minimum Gasteiger partial charge on any atom is -0.313 e. The molecule has 2 saturated carbocycles. The Morgan fingerprint density at radius 2 is 2.00 bits per heavy atom. The number of hydroxylamine groups is 2. The van der Waals surface area contributed by atoms with E-state index in [9.17, 15) is 5.21 Å². The van der Waals surface area contributed by atoms with Crippen molar-refractivity contribution in [2.24, 2.45) is 17.8 Å². The van der Waals surface area contributed by atoms with Crippen molar-refractivity contribution in [1.29, 1.82) is 0 Å². The third kappa shape index (κ3) is 2.32. The summed E-state index contributed by atoms with van der Waals surface area (Å²) >= 11 is 0. The number of hydrogen-bond acceptors (Lipinski definition) is 2. The molecule has 5 rings (SSSR count). The molecule has 1 N–H and O–H groups in total. The highest BCUT2D eigenvalue weighted by Crippen LogP contribution is 2.58. The van der Waals surface area contributed by atoms with E-state index < -0.39 is 0 Å².